The van der Waals surface area contributed by atoms with E-state index in [9.17, 15) is 0 Å². The fourth-order valence-corrected chi connectivity index (χ4v) is 2.69. The Morgan fingerprint density at radius 1 is 1.23 bits per heavy atom. The molecule has 2 aromatic rings. The fraction of sp³-hybridized carbons (Fsp3) is 0.312. The first-order valence-electron chi connectivity index (χ1n) is 6.91. The Hall–Kier alpha value is -1.28. The van der Waals surface area contributed by atoms with E-state index in [0.29, 0.717) is 0 Å². The highest BCUT2D eigenvalue weighted by atomic mass is 127. The van der Waals surface area contributed by atoms with Crippen LogP contribution in [0.25, 0.3) is 0 Å². The molecular formula is C16H22IN3OS. The lowest BCUT2D eigenvalue weighted by Gasteiger charge is -2.12. The van der Waals surface area contributed by atoms with E-state index in [1.807, 2.05) is 18.2 Å². The Labute approximate surface area is 153 Å². The third-order valence-electron chi connectivity index (χ3n) is 3.14. The molecule has 0 bridgehead atoms. The number of benzene rings is 1. The number of hydrogen-bond acceptors (Lipinski definition) is 3. The van der Waals surface area contributed by atoms with E-state index in [-0.39, 0.29) is 24.0 Å². The number of halogens is 1. The molecule has 0 aliphatic carbocycles. The lowest BCUT2D eigenvalue weighted by Crippen LogP contribution is -2.37. The molecule has 0 radical (unpaired) electrons. The van der Waals surface area contributed by atoms with E-state index >= 15 is 0 Å². The summed E-state index contributed by atoms with van der Waals surface area (Å²) in [5.74, 6) is 1.75. The minimum atomic E-state index is 0. The van der Waals surface area contributed by atoms with Crippen LogP contribution in [0.3, 0.4) is 0 Å². The second-order valence-corrected chi connectivity index (χ2v) is 5.33. The standard InChI is InChI=1S/C16H21N3OS.HI/c1-17-16(19-11-13-8-10-21-12-13)18-9-7-14-5-3-4-6-15(14)20-2;/h3-6,8,10,12H,7,9,11H2,1-2H3,(H2,17,18,19);1H. The van der Waals surface area contributed by atoms with Gasteiger partial charge in [-0.3, -0.25) is 4.99 Å². The lowest BCUT2D eigenvalue weighted by molar-refractivity contribution is 0.409. The van der Waals surface area contributed by atoms with Crippen LogP contribution in [0.1, 0.15) is 11.1 Å². The molecule has 1 aromatic heterocycles. The van der Waals surface area contributed by atoms with Crippen LogP contribution in [0.4, 0.5) is 0 Å². The Morgan fingerprint density at radius 2 is 2.05 bits per heavy atom. The first-order valence-corrected chi connectivity index (χ1v) is 7.85. The maximum atomic E-state index is 5.35. The normalized spacial score (nSPS) is 10.7. The van der Waals surface area contributed by atoms with Crippen molar-refractivity contribution in [2.24, 2.45) is 4.99 Å². The molecule has 2 N–H and O–H groups in total. The third kappa shape index (κ3) is 5.84. The number of rotatable bonds is 6. The summed E-state index contributed by atoms with van der Waals surface area (Å²) in [6.07, 6.45) is 0.892. The van der Waals surface area contributed by atoms with Gasteiger partial charge in [-0.15, -0.1) is 24.0 Å². The number of nitrogens with one attached hydrogen (secondary N) is 2. The summed E-state index contributed by atoms with van der Waals surface area (Å²) in [6.45, 7) is 1.60. The Morgan fingerprint density at radius 3 is 2.73 bits per heavy atom. The van der Waals surface area contributed by atoms with Crippen LogP contribution in [-0.2, 0) is 13.0 Å². The molecule has 0 unspecified atom stereocenters. The minimum absolute atomic E-state index is 0. The number of thiophene rings is 1. The number of para-hydroxylation sites is 1. The van der Waals surface area contributed by atoms with Crippen molar-refractivity contribution >= 4 is 41.3 Å². The molecule has 6 heteroatoms. The van der Waals surface area contributed by atoms with E-state index in [1.165, 1.54) is 11.1 Å². The van der Waals surface area contributed by atoms with E-state index in [4.69, 9.17) is 4.74 Å². The molecule has 2 rings (SSSR count). The van der Waals surface area contributed by atoms with Gasteiger partial charge in [0.05, 0.1) is 7.11 Å². The van der Waals surface area contributed by atoms with Crippen molar-refractivity contribution < 1.29 is 4.74 Å². The summed E-state index contributed by atoms with van der Waals surface area (Å²) in [6, 6.07) is 10.2. The van der Waals surface area contributed by atoms with E-state index in [0.717, 1.165) is 31.2 Å². The lowest BCUT2D eigenvalue weighted by atomic mass is 10.1. The van der Waals surface area contributed by atoms with Crippen molar-refractivity contribution in [2.75, 3.05) is 20.7 Å². The number of aliphatic imine (C=N–C) groups is 1. The van der Waals surface area contributed by atoms with Crippen LogP contribution in [0, 0.1) is 0 Å². The van der Waals surface area contributed by atoms with Gasteiger partial charge in [-0.1, -0.05) is 18.2 Å². The molecule has 0 saturated carbocycles. The number of hydrogen-bond donors (Lipinski definition) is 2. The molecular weight excluding hydrogens is 409 g/mol. The molecule has 22 heavy (non-hydrogen) atoms. The topological polar surface area (TPSA) is 45.7 Å². The van der Waals surface area contributed by atoms with Crippen molar-refractivity contribution in [1.29, 1.82) is 0 Å². The highest BCUT2D eigenvalue weighted by Gasteiger charge is 2.02. The Kier molecular flexibility index (Phi) is 8.91. The molecule has 0 aliphatic heterocycles. The second-order valence-electron chi connectivity index (χ2n) is 4.55. The van der Waals surface area contributed by atoms with Gasteiger partial charge in [0.1, 0.15) is 5.75 Å². The van der Waals surface area contributed by atoms with Crippen molar-refractivity contribution in [3.05, 3.63) is 52.2 Å². The minimum Gasteiger partial charge on any atom is -0.496 e. The smallest absolute Gasteiger partial charge is 0.191 e. The molecule has 0 fully saturated rings. The molecule has 0 aliphatic rings. The van der Waals surface area contributed by atoms with Gasteiger partial charge in [-0.05, 0) is 40.4 Å². The molecule has 4 nitrogen and oxygen atoms in total. The van der Waals surface area contributed by atoms with Gasteiger partial charge in [-0.25, -0.2) is 0 Å². The largest absolute Gasteiger partial charge is 0.496 e. The van der Waals surface area contributed by atoms with E-state index in [2.05, 4.69) is 38.5 Å². The molecule has 0 spiro atoms. The maximum absolute atomic E-state index is 5.35. The predicted octanol–water partition coefficient (Wildman–Crippen LogP) is 3.28. The van der Waals surface area contributed by atoms with Gasteiger partial charge in [0, 0.05) is 20.1 Å². The number of ether oxygens (including phenoxy) is 1. The van der Waals surface area contributed by atoms with Crippen LogP contribution >= 0.6 is 35.3 Å². The van der Waals surface area contributed by atoms with E-state index in [1.54, 1.807) is 25.5 Å². The average Bonchev–Trinajstić information content (AvgIpc) is 3.04. The predicted molar refractivity (Wildman–Crippen MR) is 105 cm³/mol. The van der Waals surface area contributed by atoms with Gasteiger partial charge in [0.15, 0.2) is 5.96 Å². The zero-order valence-electron chi connectivity index (χ0n) is 12.8. The zero-order valence-corrected chi connectivity index (χ0v) is 16.0. The second kappa shape index (κ2) is 10.4. The fourth-order valence-electron chi connectivity index (χ4n) is 2.02. The number of nitrogens with zero attached hydrogens (tertiary/aromatic N) is 1. The monoisotopic (exact) mass is 431 g/mol. The molecule has 120 valence electrons. The summed E-state index contributed by atoms with van der Waals surface area (Å²) in [5.41, 5.74) is 2.47. The van der Waals surface area contributed by atoms with Crippen molar-refractivity contribution in [2.45, 2.75) is 13.0 Å². The third-order valence-corrected chi connectivity index (χ3v) is 3.88. The van der Waals surface area contributed by atoms with Crippen LogP contribution in [0.2, 0.25) is 0 Å². The molecule has 0 amide bonds. The van der Waals surface area contributed by atoms with Crippen LogP contribution in [-0.4, -0.2) is 26.7 Å². The molecule has 1 aromatic carbocycles. The maximum Gasteiger partial charge on any atom is 0.191 e. The highest BCUT2D eigenvalue weighted by Crippen LogP contribution is 2.17. The van der Waals surface area contributed by atoms with Crippen molar-refractivity contribution in [1.82, 2.24) is 10.6 Å². The van der Waals surface area contributed by atoms with Gasteiger partial charge in [0.2, 0.25) is 0 Å². The van der Waals surface area contributed by atoms with Gasteiger partial charge < -0.3 is 15.4 Å². The van der Waals surface area contributed by atoms with E-state index < -0.39 is 0 Å². The van der Waals surface area contributed by atoms with Gasteiger partial charge in [0.25, 0.3) is 0 Å². The molecule has 1 heterocycles. The Bertz CT molecular complexity index is 573. The summed E-state index contributed by atoms with van der Waals surface area (Å²) >= 11 is 1.70. The van der Waals surface area contributed by atoms with Crippen molar-refractivity contribution in [3.63, 3.8) is 0 Å². The summed E-state index contributed by atoms with van der Waals surface area (Å²) < 4.78 is 5.35. The highest BCUT2D eigenvalue weighted by molar-refractivity contribution is 14.0. The summed E-state index contributed by atoms with van der Waals surface area (Å²) in [4.78, 5) is 4.23. The van der Waals surface area contributed by atoms with Gasteiger partial charge in [-0.2, -0.15) is 11.3 Å². The van der Waals surface area contributed by atoms with Gasteiger partial charge >= 0.3 is 0 Å². The number of methoxy groups -OCH3 is 1. The first-order chi connectivity index (χ1) is 10.3. The van der Waals surface area contributed by atoms with Crippen LogP contribution in [0.5, 0.6) is 5.75 Å². The SMILES string of the molecule is CN=C(NCCc1ccccc1OC)NCc1ccsc1.I. The average molecular weight is 431 g/mol. The summed E-state index contributed by atoms with van der Waals surface area (Å²) in [7, 11) is 3.49. The number of guanidine groups is 1. The van der Waals surface area contributed by atoms with Crippen molar-refractivity contribution in [3.8, 4) is 5.75 Å². The van der Waals surface area contributed by atoms with Crippen LogP contribution in [0.15, 0.2) is 46.1 Å². The molecule has 0 atom stereocenters. The zero-order chi connectivity index (χ0) is 14.9. The summed E-state index contributed by atoms with van der Waals surface area (Å²) in [5, 5.41) is 10.8. The Balaban J connectivity index is 0.00000242. The van der Waals surface area contributed by atoms with Crippen LogP contribution < -0.4 is 15.4 Å². The first kappa shape index (κ1) is 18.8. The molecule has 0 saturated heterocycles. The quantitative estimate of drug-likeness (QED) is 0.419.